The molecule has 1 aliphatic rings. The highest BCUT2D eigenvalue weighted by atomic mass is 79.9. The first-order chi connectivity index (χ1) is 10.9. The number of halogens is 1. The van der Waals surface area contributed by atoms with E-state index in [1.54, 1.807) is 19.1 Å². The highest BCUT2D eigenvalue weighted by molar-refractivity contribution is 9.10. The number of carboxylic acids is 1. The number of hydrogen-bond donors (Lipinski definition) is 1. The maximum absolute atomic E-state index is 12.6. The Morgan fingerprint density at radius 2 is 1.91 bits per heavy atom. The topological polar surface area (TPSA) is 76.4 Å². The minimum absolute atomic E-state index is 0.192. The summed E-state index contributed by atoms with van der Waals surface area (Å²) in [5.74, 6) is -2.28. The van der Waals surface area contributed by atoms with Crippen molar-refractivity contribution in [1.82, 2.24) is 4.57 Å². The number of fused-ring (bicyclic) bond motifs is 3. The molecule has 23 heavy (non-hydrogen) atoms. The third-order valence-electron chi connectivity index (χ3n) is 4.21. The van der Waals surface area contributed by atoms with Gasteiger partial charge in [-0.05, 0) is 42.7 Å². The molecule has 2 aromatic rings. The van der Waals surface area contributed by atoms with E-state index in [1.807, 2.05) is 13.0 Å². The van der Waals surface area contributed by atoms with Crippen molar-refractivity contribution in [1.29, 1.82) is 0 Å². The fourth-order valence-electron chi connectivity index (χ4n) is 3.23. The Morgan fingerprint density at radius 3 is 2.52 bits per heavy atom. The Hall–Kier alpha value is -2.21. The molecule has 6 heteroatoms. The monoisotopic (exact) mass is 375 g/mol. The van der Waals surface area contributed by atoms with Crippen molar-refractivity contribution < 1.29 is 19.5 Å². The van der Waals surface area contributed by atoms with Crippen LogP contribution in [0.25, 0.3) is 11.1 Å². The molecule has 0 unspecified atom stereocenters. The average molecular weight is 376 g/mol. The van der Waals surface area contributed by atoms with Crippen LogP contribution >= 0.6 is 15.9 Å². The number of benzene rings is 1. The fourth-order valence-corrected chi connectivity index (χ4v) is 3.59. The maximum Gasteiger partial charge on any atom is 0.323 e. The lowest BCUT2D eigenvalue weighted by Gasteiger charge is -2.18. The van der Waals surface area contributed by atoms with Gasteiger partial charge in [0.2, 0.25) is 5.78 Å². The van der Waals surface area contributed by atoms with Gasteiger partial charge in [0, 0.05) is 21.3 Å². The van der Waals surface area contributed by atoms with Gasteiger partial charge in [-0.1, -0.05) is 22.9 Å². The largest absolute Gasteiger partial charge is 0.480 e. The Bertz CT molecular complexity index is 879. The number of aliphatic carboxylic acids is 1. The van der Waals surface area contributed by atoms with Crippen LogP contribution < -0.4 is 0 Å². The summed E-state index contributed by atoms with van der Waals surface area (Å²) in [6.07, 6.45) is 0.647. The van der Waals surface area contributed by atoms with Gasteiger partial charge < -0.3 is 9.67 Å². The van der Waals surface area contributed by atoms with Crippen LogP contribution in [0.5, 0.6) is 0 Å². The minimum Gasteiger partial charge on any atom is -0.480 e. The Balaban J connectivity index is 2.42. The molecule has 0 atom stereocenters. The van der Waals surface area contributed by atoms with E-state index < -0.39 is 17.5 Å². The van der Waals surface area contributed by atoms with Crippen LogP contribution in [0, 0.1) is 6.92 Å². The third kappa shape index (κ3) is 2.25. The van der Waals surface area contributed by atoms with Crippen LogP contribution in [-0.2, 0) is 17.8 Å². The van der Waals surface area contributed by atoms with Gasteiger partial charge in [0.15, 0.2) is 0 Å². The summed E-state index contributed by atoms with van der Waals surface area (Å²) < 4.78 is 2.25. The number of hydrogen-bond acceptors (Lipinski definition) is 3. The van der Waals surface area contributed by atoms with Gasteiger partial charge in [-0.2, -0.15) is 0 Å². The molecule has 5 nitrogen and oxygen atoms in total. The number of carboxylic acid groups (broad SMARTS) is 1. The predicted molar refractivity (Wildman–Crippen MR) is 88.0 cm³/mol. The van der Waals surface area contributed by atoms with Crippen molar-refractivity contribution in [3.63, 3.8) is 0 Å². The second-order valence-electron chi connectivity index (χ2n) is 5.47. The van der Waals surface area contributed by atoms with Crippen molar-refractivity contribution in [3.05, 3.63) is 45.2 Å². The van der Waals surface area contributed by atoms with Crippen LogP contribution in [0.3, 0.4) is 0 Å². The molecule has 1 aromatic carbocycles. The lowest BCUT2D eigenvalue weighted by atomic mass is 9.85. The second-order valence-corrected chi connectivity index (χ2v) is 6.38. The Labute approximate surface area is 141 Å². The van der Waals surface area contributed by atoms with E-state index in [2.05, 4.69) is 15.9 Å². The van der Waals surface area contributed by atoms with Crippen molar-refractivity contribution in [2.24, 2.45) is 0 Å². The second kappa shape index (κ2) is 5.45. The lowest BCUT2D eigenvalue weighted by molar-refractivity contribution is -0.137. The van der Waals surface area contributed by atoms with Crippen molar-refractivity contribution in [2.75, 3.05) is 0 Å². The van der Waals surface area contributed by atoms with Gasteiger partial charge in [-0.3, -0.25) is 14.4 Å². The summed E-state index contributed by atoms with van der Waals surface area (Å²) in [6, 6.07) is 5.16. The number of rotatable bonds is 3. The molecule has 1 heterocycles. The molecule has 1 N–H and O–H groups in total. The smallest absolute Gasteiger partial charge is 0.323 e. The molecule has 0 fully saturated rings. The molecule has 0 amide bonds. The molecule has 0 saturated carbocycles. The zero-order chi connectivity index (χ0) is 16.9. The number of carbonyl (C=O) groups is 3. The van der Waals surface area contributed by atoms with Crippen LogP contribution in [-0.4, -0.2) is 27.2 Å². The molecular weight excluding hydrogens is 362 g/mol. The quantitative estimate of drug-likeness (QED) is 0.835. The molecule has 0 saturated heterocycles. The highest BCUT2D eigenvalue weighted by Crippen LogP contribution is 2.40. The van der Waals surface area contributed by atoms with Gasteiger partial charge >= 0.3 is 5.97 Å². The zero-order valence-corrected chi connectivity index (χ0v) is 14.2. The summed E-state index contributed by atoms with van der Waals surface area (Å²) in [5.41, 5.74) is 3.55. The number of aromatic nitrogens is 1. The minimum atomic E-state index is -1.05. The van der Waals surface area contributed by atoms with Crippen molar-refractivity contribution >= 4 is 33.5 Å². The highest BCUT2D eigenvalue weighted by Gasteiger charge is 2.36. The average Bonchev–Trinajstić information content (AvgIpc) is 2.77. The van der Waals surface area contributed by atoms with Crippen LogP contribution in [0.1, 0.15) is 39.0 Å². The van der Waals surface area contributed by atoms with Gasteiger partial charge in [0.1, 0.15) is 12.2 Å². The number of carbonyl (C=O) groups excluding carboxylic acids is 2. The molecule has 1 aromatic heterocycles. The normalized spacial score (nSPS) is 13.0. The van der Waals surface area contributed by atoms with E-state index in [0.717, 1.165) is 10.0 Å². The molecule has 0 spiro atoms. The summed E-state index contributed by atoms with van der Waals surface area (Å²) in [6.45, 7) is 3.40. The van der Waals surface area contributed by atoms with Gasteiger partial charge in [0.25, 0.3) is 5.78 Å². The molecule has 0 bridgehead atoms. The van der Waals surface area contributed by atoms with E-state index in [9.17, 15) is 14.4 Å². The van der Waals surface area contributed by atoms with Gasteiger partial charge in [-0.25, -0.2) is 0 Å². The molecule has 118 valence electrons. The summed E-state index contributed by atoms with van der Waals surface area (Å²) >= 11 is 3.39. The van der Waals surface area contributed by atoms with E-state index in [-0.39, 0.29) is 12.2 Å². The molecule has 1 aliphatic carbocycles. The first kappa shape index (κ1) is 15.7. The predicted octanol–water partition coefficient (Wildman–Crippen LogP) is 3.25. The first-order valence-corrected chi connectivity index (χ1v) is 7.98. The van der Waals surface area contributed by atoms with E-state index in [4.69, 9.17) is 5.11 Å². The standard InChI is InChI=1S/C17H14BrNO4/c1-3-10-8(2)19(7-13(20)21)15-14(10)12-6-9(18)4-5-11(12)16(22)17(15)23/h4-6H,3,7H2,1-2H3,(H,20,21). The molecular formula is C17H14BrNO4. The van der Waals surface area contributed by atoms with Gasteiger partial charge in [0.05, 0.1) is 0 Å². The van der Waals surface area contributed by atoms with Crippen LogP contribution in [0.4, 0.5) is 0 Å². The number of nitrogens with zero attached hydrogens (tertiary/aromatic N) is 1. The Morgan fingerprint density at radius 1 is 1.22 bits per heavy atom. The van der Waals surface area contributed by atoms with Crippen LogP contribution in [0.15, 0.2) is 22.7 Å². The zero-order valence-electron chi connectivity index (χ0n) is 12.6. The SMILES string of the molecule is CCc1c2c(n(CC(=O)O)c1C)C(=O)C(=O)c1ccc(Br)cc1-2. The van der Waals surface area contributed by atoms with E-state index in [1.165, 1.54) is 4.57 Å². The van der Waals surface area contributed by atoms with Crippen molar-refractivity contribution in [3.8, 4) is 11.1 Å². The molecule has 3 rings (SSSR count). The summed E-state index contributed by atoms with van der Waals surface area (Å²) in [5, 5.41) is 9.14. The fraction of sp³-hybridized carbons (Fsp3) is 0.235. The van der Waals surface area contributed by atoms with E-state index in [0.29, 0.717) is 28.8 Å². The van der Waals surface area contributed by atoms with Crippen LogP contribution in [0.2, 0.25) is 0 Å². The maximum atomic E-state index is 12.6. The molecule has 0 aliphatic heterocycles. The summed E-state index contributed by atoms with van der Waals surface area (Å²) in [4.78, 5) is 36.2. The molecule has 0 radical (unpaired) electrons. The first-order valence-electron chi connectivity index (χ1n) is 7.19. The number of ketones is 2. The Kier molecular flexibility index (Phi) is 3.72. The summed E-state index contributed by atoms with van der Waals surface area (Å²) in [7, 11) is 0. The lowest BCUT2D eigenvalue weighted by Crippen LogP contribution is -2.25. The third-order valence-corrected chi connectivity index (χ3v) is 4.71. The van der Waals surface area contributed by atoms with Crippen molar-refractivity contribution in [2.45, 2.75) is 26.8 Å². The van der Waals surface area contributed by atoms with E-state index >= 15 is 0 Å². The van der Waals surface area contributed by atoms with Gasteiger partial charge in [-0.15, -0.1) is 0 Å². The number of Topliss-reactive ketones (excluding diaryl/α,β-unsaturated/α-hetero) is 2.